The fraction of sp³-hybridized carbons (Fsp3) is 0.615. The molecule has 2 heterocycles. The van der Waals surface area contributed by atoms with E-state index in [2.05, 4.69) is 12.2 Å². The molecule has 0 radical (unpaired) electrons. The topological polar surface area (TPSA) is 45.5 Å². The molecule has 0 aliphatic carbocycles. The van der Waals surface area contributed by atoms with Crippen LogP contribution in [0, 0.1) is 5.92 Å². The average molecular weight is 271 g/mol. The quantitative estimate of drug-likeness (QED) is 0.914. The van der Waals surface area contributed by atoms with E-state index in [9.17, 15) is 4.79 Å². The number of nitrogens with one attached hydrogen (secondary N) is 1. The minimum Gasteiger partial charge on any atom is -0.440 e. The molecule has 0 aromatic carbocycles. The first-order valence-corrected chi connectivity index (χ1v) is 6.84. The fourth-order valence-electron chi connectivity index (χ4n) is 2.27. The third-order valence-electron chi connectivity index (χ3n) is 3.37. The zero-order valence-electron chi connectivity index (χ0n) is 10.6. The Bertz CT molecular complexity index is 397. The van der Waals surface area contributed by atoms with Crippen LogP contribution < -0.4 is 5.32 Å². The minimum atomic E-state index is -0.0520. The minimum absolute atomic E-state index is 0.0520. The first-order valence-electron chi connectivity index (χ1n) is 6.46. The van der Waals surface area contributed by atoms with Gasteiger partial charge in [0.25, 0.3) is 5.91 Å². The Labute approximate surface area is 112 Å². The van der Waals surface area contributed by atoms with Gasteiger partial charge in [0.05, 0.1) is 0 Å². The van der Waals surface area contributed by atoms with Crippen molar-refractivity contribution in [2.45, 2.75) is 19.8 Å². The van der Waals surface area contributed by atoms with E-state index in [4.69, 9.17) is 16.0 Å². The standard InChI is InChI=1S/C13H19ClN2O2/c1-2-15-9-10-5-7-16(8-6-10)13(17)11-3-4-12(14)18-11/h3-4,10,15H,2,5-9H2,1H3. The van der Waals surface area contributed by atoms with Gasteiger partial charge in [0.2, 0.25) is 0 Å². The van der Waals surface area contributed by atoms with Crippen molar-refractivity contribution in [2.24, 2.45) is 5.92 Å². The molecule has 1 amide bonds. The van der Waals surface area contributed by atoms with E-state index < -0.39 is 0 Å². The summed E-state index contributed by atoms with van der Waals surface area (Å²) in [6.45, 7) is 5.76. The van der Waals surface area contributed by atoms with Gasteiger partial charge in [0, 0.05) is 13.1 Å². The zero-order chi connectivity index (χ0) is 13.0. The Morgan fingerprint density at radius 2 is 2.22 bits per heavy atom. The van der Waals surface area contributed by atoms with Crippen molar-refractivity contribution in [2.75, 3.05) is 26.2 Å². The molecule has 1 N–H and O–H groups in total. The van der Waals surface area contributed by atoms with E-state index >= 15 is 0 Å². The van der Waals surface area contributed by atoms with Gasteiger partial charge < -0.3 is 14.6 Å². The zero-order valence-corrected chi connectivity index (χ0v) is 11.4. The van der Waals surface area contributed by atoms with Crippen LogP contribution in [0.15, 0.2) is 16.5 Å². The maximum absolute atomic E-state index is 12.1. The molecule has 1 aliphatic rings. The monoisotopic (exact) mass is 270 g/mol. The summed E-state index contributed by atoms with van der Waals surface area (Å²) in [4.78, 5) is 13.9. The number of halogens is 1. The molecule has 1 aromatic heterocycles. The maximum Gasteiger partial charge on any atom is 0.289 e. The number of likely N-dealkylation sites (tertiary alicyclic amines) is 1. The Morgan fingerprint density at radius 1 is 1.50 bits per heavy atom. The van der Waals surface area contributed by atoms with Gasteiger partial charge in [-0.2, -0.15) is 0 Å². The fourth-order valence-corrected chi connectivity index (χ4v) is 2.42. The van der Waals surface area contributed by atoms with Crippen molar-refractivity contribution >= 4 is 17.5 Å². The van der Waals surface area contributed by atoms with Gasteiger partial charge in [0.1, 0.15) is 0 Å². The van der Waals surface area contributed by atoms with Gasteiger partial charge in [-0.15, -0.1) is 0 Å². The third-order valence-corrected chi connectivity index (χ3v) is 3.57. The average Bonchev–Trinajstić information content (AvgIpc) is 2.83. The Balaban J connectivity index is 1.84. The van der Waals surface area contributed by atoms with Gasteiger partial charge >= 0.3 is 0 Å². The maximum atomic E-state index is 12.1. The van der Waals surface area contributed by atoms with Crippen molar-refractivity contribution in [1.29, 1.82) is 0 Å². The van der Waals surface area contributed by atoms with E-state index in [1.54, 1.807) is 12.1 Å². The second-order valence-corrected chi connectivity index (χ2v) is 5.02. The van der Waals surface area contributed by atoms with Crippen molar-refractivity contribution in [1.82, 2.24) is 10.2 Å². The molecule has 0 spiro atoms. The number of rotatable bonds is 4. The summed E-state index contributed by atoms with van der Waals surface area (Å²) in [6, 6.07) is 3.24. The number of furan rings is 1. The normalized spacial score (nSPS) is 17.1. The molecule has 1 aromatic rings. The molecule has 0 unspecified atom stereocenters. The second kappa shape index (κ2) is 6.25. The first kappa shape index (κ1) is 13.4. The summed E-state index contributed by atoms with van der Waals surface area (Å²) in [5, 5.41) is 3.62. The Hall–Kier alpha value is -1.00. The molecule has 1 fully saturated rings. The molecule has 0 atom stereocenters. The summed E-state index contributed by atoms with van der Waals surface area (Å²) >= 11 is 5.68. The van der Waals surface area contributed by atoms with E-state index in [0.717, 1.165) is 39.0 Å². The smallest absolute Gasteiger partial charge is 0.289 e. The lowest BCUT2D eigenvalue weighted by Crippen LogP contribution is -2.40. The largest absolute Gasteiger partial charge is 0.440 e. The highest BCUT2D eigenvalue weighted by atomic mass is 35.5. The lowest BCUT2D eigenvalue weighted by molar-refractivity contribution is 0.0658. The Morgan fingerprint density at radius 3 is 2.78 bits per heavy atom. The molecule has 1 aliphatic heterocycles. The van der Waals surface area contributed by atoms with Gasteiger partial charge in [-0.3, -0.25) is 4.79 Å². The van der Waals surface area contributed by atoms with E-state index in [-0.39, 0.29) is 11.1 Å². The van der Waals surface area contributed by atoms with Crippen LogP contribution in [0.4, 0.5) is 0 Å². The summed E-state index contributed by atoms with van der Waals surface area (Å²) < 4.78 is 5.15. The summed E-state index contributed by atoms with van der Waals surface area (Å²) in [5.41, 5.74) is 0. The molecule has 18 heavy (non-hydrogen) atoms. The van der Waals surface area contributed by atoms with Crippen LogP contribution >= 0.6 is 11.6 Å². The third kappa shape index (κ3) is 3.27. The number of hydrogen-bond acceptors (Lipinski definition) is 3. The highest BCUT2D eigenvalue weighted by molar-refractivity contribution is 6.29. The number of carbonyl (C=O) groups is 1. The molecular weight excluding hydrogens is 252 g/mol. The predicted molar refractivity (Wildman–Crippen MR) is 70.9 cm³/mol. The van der Waals surface area contributed by atoms with Gasteiger partial charge in [0.15, 0.2) is 11.0 Å². The number of nitrogens with zero attached hydrogens (tertiary/aromatic N) is 1. The van der Waals surface area contributed by atoms with Crippen LogP contribution in [0.3, 0.4) is 0 Å². The SMILES string of the molecule is CCNCC1CCN(C(=O)c2ccc(Cl)o2)CC1. The van der Waals surface area contributed by atoms with Crippen LogP contribution in [-0.4, -0.2) is 37.0 Å². The lowest BCUT2D eigenvalue weighted by Gasteiger charge is -2.31. The Kier molecular flexibility index (Phi) is 4.66. The number of carbonyl (C=O) groups excluding carboxylic acids is 1. The summed E-state index contributed by atoms with van der Waals surface area (Å²) in [6.07, 6.45) is 2.10. The predicted octanol–water partition coefficient (Wildman–Crippen LogP) is 2.39. The molecule has 5 heteroatoms. The lowest BCUT2D eigenvalue weighted by atomic mass is 9.96. The molecular formula is C13H19ClN2O2. The van der Waals surface area contributed by atoms with Crippen molar-refractivity contribution in [3.8, 4) is 0 Å². The van der Waals surface area contributed by atoms with Crippen molar-refractivity contribution < 1.29 is 9.21 Å². The van der Waals surface area contributed by atoms with E-state index in [1.807, 2.05) is 4.90 Å². The second-order valence-electron chi connectivity index (χ2n) is 4.65. The van der Waals surface area contributed by atoms with Gasteiger partial charge in [-0.05, 0) is 55.6 Å². The van der Waals surface area contributed by atoms with Crippen LogP contribution in [0.5, 0.6) is 0 Å². The molecule has 4 nitrogen and oxygen atoms in total. The molecule has 100 valence electrons. The van der Waals surface area contributed by atoms with Crippen molar-refractivity contribution in [3.05, 3.63) is 23.1 Å². The van der Waals surface area contributed by atoms with E-state index in [0.29, 0.717) is 11.7 Å². The number of hydrogen-bond donors (Lipinski definition) is 1. The van der Waals surface area contributed by atoms with Gasteiger partial charge in [-0.25, -0.2) is 0 Å². The first-order chi connectivity index (χ1) is 8.70. The van der Waals surface area contributed by atoms with Crippen LogP contribution in [0.1, 0.15) is 30.3 Å². The molecule has 0 bridgehead atoms. The highest BCUT2D eigenvalue weighted by Gasteiger charge is 2.24. The van der Waals surface area contributed by atoms with Crippen LogP contribution in [0.2, 0.25) is 5.22 Å². The van der Waals surface area contributed by atoms with Gasteiger partial charge in [-0.1, -0.05) is 6.92 Å². The van der Waals surface area contributed by atoms with Crippen molar-refractivity contribution in [3.63, 3.8) is 0 Å². The van der Waals surface area contributed by atoms with Crippen LogP contribution in [-0.2, 0) is 0 Å². The summed E-state index contributed by atoms with van der Waals surface area (Å²) in [7, 11) is 0. The number of piperidine rings is 1. The number of amides is 1. The summed E-state index contributed by atoms with van der Waals surface area (Å²) in [5.74, 6) is 0.961. The highest BCUT2D eigenvalue weighted by Crippen LogP contribution is 2.20. The molecule has 0 saturated carbocycles. The molecule has 1 saturated heterocycles. The van der Waals surface area contributed by atoms with Crippen LogP contribution in [0.25, 0.3) is 0 Å². The molecule has 2 rings (SSSR count). The van der Waals surface area contributed by atoms with E-state index in [1.165, 1.54) is 0 Å².